The molecule has 1 aromatic carbocycles. The average Bonchev–Trinajstić information content (AvgIpc) is 3.01. The summed E-state index contributed by atoms with van der Waals surface area (Å²) in [5.74, 6) is 0.550. The Labute approximate surface area is 148 Å². The quantitative estimate of drug-likeness (QED) is 0.695. The Morgan fingerprint density at radius 2 is 2.22 bits per heavy atom. The minimum absolute atomic E-state index is 0.101. The van der Waals surface area contributed by atoms with Gasteiger partial charge in [0.05, 0.1) is 23.4 Å². The summed E-state index contributed by atoms with van der Waals surface area (Å²) >= 11 is 13.7. The van der Waals surface area contributed by atoms with Gasteiger partial charge in [-0.15, -0.1) is 0 Å². The molecule has 8 heteroatoms. The van der Waals surface area contributed by atoms with Crippen molar-refractivity contribution in [3.05, 3.63) is 40.0 Å². The van der Waals surface area contributed by atoms with Gasteiger partial charge >= 0.3 is 0 Å². The van der Waals surface area contributed by atoms with Crippen LogP contribution in [0.2, 0.25) is 10.0 Å². The van der Waals surface area contributed by atoms with Gasteiger partial charge in [0.1, 0.15) is 5.69 Å². The lowest BCUT2D eigenvalue weighted by atomic mass is 10.1. The third-order valence-corrected chi connectivity index (χ3v) is 4.45. The van der Waals surface area contributed by atoms with E-state index in [1.165, 1.54) is 0 Å². The van der Waals surface area contributed by atoms with Crippen LogP contribution in [0.25, 0.3) is 11.3 Å². The number of hydrogen-bond donors (Lipinski definition) is 3. The second-order valence-corrected chi connectivity index (χ2v) is 6.75. The number of rotatable bonds is 7. The summed E-state index contributed by atoms with van der Waals surface area (Å²) in [4.78, 5) is 12.2. The highest BCUT2D eigenvalue weighted by Crippen LogP contribution is 2.29. The maximum absolute atomic E-state index is 12.2. The predicted molar refractivity (Wildman–Crippen MR) is 95.4 cm³/mol. The molecule has 1 heterocycles. The van der Waals surface area contributed by atoms with Gasteiger partial charge in [-0.2, -0.15) is 16.9 Å². The van der Waals surface area contributed by atoms with E-state index in [1.807, 2.05) is 6.26 Å². The zero-order chi connectivity index (χ0) is 16.8. The van der Waals surface area contributed by atoms with Gasteiger partial charge in [-0.3, -0.25) is 9.89 Å². The second-order valence-electron chi connectivity index (χ2n) is 4.93. The zero-order valence-corrected chi connectivity index (χ0v) is 14.8. The summed E-state index contributed by atoms with van der Waals surface area (Å²) in [5.41, 5.74) is 1.56. The third-order valence-electron chi connectivity index (χ3n) is 3.26. The Morgan fingerprint density at radius 1 is 1.43 bits per heavy atom. The molecular weight excluding hydrogens is 357 g/mol. The molecule has 124 valence electrons. The highest BCUT2D eigenvalue weighted by Gasteiger charge is 2.16. The van der Waals surface area contributed by atoms with Crippen molar-refractivity contribution in [3.8, 4) is 11.3 Å². The van der Waals surface area contributed by atoms with Crippen LogP contribution in [0.4, 0.5) is 0 Å². The molecular formula is C15H17Cl2N3O2S. The van der Waals surface area contributed by atoms with Gasteiger partial charge in [-0.05, 0) is 42.7 Å². The fraction of sp³-hybridized carbons (Fsp3) is 0.333. The first-order valence-electron chi connectivity index (χ1n) is 6.96. The highest BCUT2D eigenvalue weighted by atomic mass is 35.5. The molecule has 0 spiro atoms. The average molecular weight is 374 g/mol. The number of benzene rings is 1. The van der Waals surface area contributed by atoms with Crippen molar-refractivity contribution in [2.45, 2.75) is 12.5 Å². The minimum Gasteiger partial charge on any atom is -0.394 e. The lowest BCUT2D eigenvalue weighted by Crippen LogP contribution is -2.38. The maximum Gasteiger partial charge on any atom is 0.269 e. The number of amides is 1. The molecule has 0 saturated heterocycles. The van der Waals surface area contributed by atoms with Crippen LogP contribution < -0.4 is 5.32 Å². The summed E-state index contributed by atoms with van der Waals surface area (Å²) in [6, 6.07) is 6.42. The molecule has 2 rings (SSSR count). The first-order valence-corrected chi connectivity index (χ1v) is 9.11. The van der Waals surface area contributed by atoms with E-state index in [0.29, 0.717) is 33.4 Å². The minimum atomic E-state index is -0.311. The number of H-pyrrole nitrogens is 1. The standard InChI is InChI=1S/C15H17Cl2N3O2S/c1-23-5-4-10(8-21)18-15(22)14-7-13(19-20-14)11-3-2-9(16)6-12(11)17/h2-3,6-7,10,21H,4-5,8H2,1H3,(H,18,22)(H,19,20)/t10-/m0/s1. The number of nitrogens with one attached hydrogen (secondary N) is 2. The molecule has 0 saturated carbocycles. The summed E-state index contributed by atoms with van der Waals surface area (Å²) < 4.78 is 0. The van der Waals surface area contributed by atoms with E-state index in [9.17, 15) is 9.90 Å². The number of aromatic amines is 1. The SMILES string of the molecule is CSCC[C@@H](CO)NC(=O)c1cc(-c2ccc(Cl)cc2Cl)n[nH]1. The Balaban J connectivity index is 2.10. The number of aliphatic hydroxyl groups excluding tert-OH is 1. The fourth-order valence-electron chi connectivity index (χ4n) is 2.01. The monoisotopic (exact) mass is 373 g/mol. The van der Waals surface area contributed by atoms with Crippen LogP contribution in [-0.4, -0.2) is 45.9 Å². The van der Waals surface area contributed by atoms with E-state index in [1.54, 1.807) is 36.0 Å². The Kier molecular flexibility index (Phi) is 6.77. The van der Waals surface area contributed by atoms with Gasteiger partial charge in [0.25, 0.3) is 5.91 Å². The van der Waals surface area contributed by atoms with E-state index < -0.39 is 0 Å². The lowest BCUT2D eigenvalue weighted by molar-refractivity contribution is 0.0910. The Morgan fingerprint density at radius 3 is 2.87 bits per heavy atom. The molecule has 5 nitrogen and oxygen atoms in total. The van der Waals surface area contributed by atoms with Gasteiger partial charge in [-0.25, -0.2) is 0 Å². The fourth-order valence-corrected chi connectivity index (χ4v) is 3.03. The number of thioether (sulfide) groups is 1. The number of hydrogen-bond acceptors (Lipinski definition) is 4. The zero-order valence-electron chi connectivity index (χ0n) is 12.5. The molecule has 0 unspecified atom stereocenters. The van der Waals surface area contributed by atoms with Crippen LogP contribution in [0.5, 0.6) is 0 Å². The van der Waals surface area contributed by atoms with Crippen LogP contribution in [0, 0.1) is 0 Å². The summed E-state index contributed by atoms with van der Waals surface area (Å²) in [6.07, 6.45) is 2.68. The smallest absolute Gasteiger partial charge is 0.269 e. The van der Waals surface area contributed by atoms with E-state index >= 15 is 0 Å². The number of halogens is 2. The van der Waals surface area contributed by atoms with Crippen LogP contribution in [0.3, 0.4) is 0 Å². The highest BCUT2D eigenvalue weighted by molar-refractivity contribution is 7.98. The van der Waals surface area contributed by atoms with Gasteiger partial charge in [0, 0.05) is 10.6 Å². The molecule has 1 aromatic heterocycles. The Hall–Kier alpha value is -1.21. The first kappa shape index (κ1) is 18.1. The van der Waals surface area contributed by atoms with Crippen molar-refractivity contribution >= 4 is 40.9 Å². The molecule has 0 aliphatic carbocycles. The largest absolute Gasteiger partial charge is 0.394 e. The molecule has 3 N–H and O–H groups in total. The molecule has 1 amide bonds. The van der Waals surface area contributed by atoms with Crippen molar-refractivity contribution in [2.75, 3.05) is 18.6 Å². The summed E-state index contributed by atoms with van der Waals surface area (Å²) in [7, 11) is 0. The van der Waals surface area contributed by atoms with E-state index in [-0.39, 0.29) is 18.6 Å². The van der Waals surface area contributed by atoms with Crippen molar-refractivity contribution in [3.63, 3.8) is 0 Å². The first-order chi connectivity index (χ1) is 11.0. The molecule has 0 bridgehead atoms. The van der Waals surface area contributed by atoms with Crippen LogP contribution in [0.15, 0.2) is 24.3 Å². The normalized spacial score (nSPS) is 12.2. The topological polar surface area (TPSA) is 78.0 Å². The number of carbonyl (C=O) groups excluding carboxylic acids is 1. The second kappa shape index (κ2) is 8.59. The number of nitrogens with zero attached hydrogens (tertiary/aromatic N) is 1. The van der Waals surface area contributed by atoms with E-state index in [0.717, 1.165) is 5.75 Å². The van der Waals surface area contributed by atoms with Gasteiger partial charge in [0.2, 0.25) is 0 Å². The summed E-state index contributed by atoms with van der Waals surface area (Å²) in [5, 5.41) is 19.9. The molecule has 1 atom stereocenters. The Bertz CT molecular complexity index is 678. The van der Waals surface area contributed by atoms with Crippen LogP contribution >= 0.6 is 35.0 Å². The predicted octanol–water partition coefficient (Wildman–Crippen LogP) is 3.23. The summed E-state index contributed by atoms with van der Waals surface area (Å²) in [6.45, 7) is -0.101. The van der Waals surface area contributed by atoms with Crippen molar-refractivity contribution < 1.29 is 9.90 Å². The third kappa shape index (κ3) is 4.88. The van der Waals surface area contributed by atoms with Crippen LogP contribution in [0.1, 0.15) is 16.9 Å². The molecule has 2 aromatic rings. The molecule has 23 heavy (non-hydrogen) atoms. The van der Waals surface area contributed by atoms with Gasteiger partial charge in [-0.1, -0.05) is 23.2 Å². The van der Waals surface area contributed by atoms with Crippen LogP contribution in [-0.2, 0) is 0 Å². The molecule has 0 aliphatic rings. The lowest BCUT2D eigenvalue weighted by Gasteiger charge is -2.14. The van der Waals surface area contributed by atoms with E-state index in [2.05, 4.69) is 15.5 Å². The van der Waals surface area contributed by atoms with Gasteiger partial charge in [0.15, 0.2) is 0 Å². The number of carbonyl (C=O) groups is 1. The van der Waals surface area contributed by atoms with Crippen molar-refractivity contribution in [1.82, 2.24) is 15.5 Å². The van der Waals surface area contributed by atoms with Gasteiger partial charge < -0.3 is 10.4 Å². The maximum atomic E-state index is 12.2. The number of aromatic nitrogens is 2. The molecule has 0 fully saturated rings. The molecule has 0 aliphatic heterocycles. The number of aliphatic hydroxyl groups is 1. The molecule has 0 radical (unpaired) electrons. The van der Waals surface area contributed by atoms with Crippen molar-refractivity contribution in [1.29, 1.82) is 0 Å². The van der Waals surface area contributed by atoms with E-state index in [4.69, 9.17) is 23.2 Å². The van der Waals surface area contributed by atoms with Crippen molar-refractivity contribution in [2.24, 2.45) is 0 Å².